The molecule has 0 spiro atoms. The number of hydrogen-bond donors (Lipinski definition) is 1. The molecule has 11 heteroatoms. The fraction of sp³-hybridized carbons (Fsp3) is 0.318. The van der Waals surface area contributed by atoms with Crippen LogP contribution < -0.4 is 14.4 Å². The molecule has 0 saturated carbocycles. The van der Waals surface area contributed by atoms with Crippen LogP contribution in [-0.4, -0.2) is 59.1 Å². The summed E-state index contributed by atoms with van der Waals surface area (Å²) in [5.74, 6) is -0.123. The number of hydrogen-bond acceptors (Lipinski definition) is 5. The molecule has 1 aromatic carbocycles. The molecule has 8 nitrogen and oxygen atoms in total. The predicted molar refractivity (Wildman–Crippen MR) is 122 cm³/mol. The minimum atomic E-state index is -0.428. The summed E-state index contributed by atoms with van der Waals surface area (Å²) in [6.07, 6.45) is 2.95. The topological polar surface area (TPSA) is 74.7 Å². The van der Waals surface area contributed by atoms with Gasteiger partial charge in [-0.05, 0) is 13.0 Å². The molecule has 174 valence electrons. The molecule has 3 heterocycles. The van der Waals surface area contributed by atoms with E-state index in [1.54, 1.807) is 34.7 Å². The average molecular weight is 495 g/mol. The number of benzene rings is 1. The van der Waals surface area contributed by atoms with Crippen molar-refractivity contribution in [3.63, 3.8) is 0 Å². The first-order valence-electron chi connectivity index (χ1n) is 10.3. The van der Waals surface area contributed by atoms with Gasteiger partial charge in [-0.25, -0.2) is 4.39 Å². The van der Waals surface area contributed by atoms with Crippen LogP contribution in [0.3, 0.4) is 0 Å². The van der Waals surface area contributed by atoms with Gasteiger partial charge in [-0.15, -0.1) is 0 Å². The van der Waals surface area contributed by atoms with E-state index >= 15 is 0 Å². The summed E-state index contributed by atoms with van der Waals surface area (Å²) in [6, 6.07) is 6.18. The number of carbonyl (C=O) groups is 1. The number of halogens is 3. The highest BCUT2D eigenvalue weighted by atomic mass is 35.5. The van der Waals surface area contributed by atoms with Gasteiger partial charge in [-0.2, -0.15) is 5.10 Å². The first kappa shape index (κ1) is 23.1. The van der Waals surface area contributed by atoms with Crippen molar-refractivity contribution in [1.82, 2.24) is 14.7 Å². The smallest absolute Gasteiger partial charge is 0.244 e. The van der Waals surface area contributed by atoms with Gasteiger partial charge in [0.2, 0.25) is 18.3 Å². The Hall–Kier alpha value is -3.04. The van der Waals surface area contributed by atoms with Gasteiger partial charge >= 0.3 is 0 Å². The number of aromatic nitrogens is 3. The van der Waals surface area contributed by atoms with Crippen LogP contribution in [0.4, 0.5) is 10.1 Å². The second-order valence-corrected chi connectivity index (χ2v) is 8.46. The van der Waals surface area contributed by atoms with Gasteiger partial charge in [0.05, 0.1) is 28.5 Å². The van der Waals surface area contributed by atoms with Crippen LogP contribution in [-0.2, 0) is 11.3 Å². The summed E-state index contributed by atoms with van der Waals surface area (Å²) in [5, 5.41) is 14.6. The molecule has 2 aromatic heterocycles. The third-order valence-electron chi connectivity index (χ3n) is 5.70. The standard InChI is InChI=1S/C22H23Cl2FN5O3/c1-14-21(24)22(15-3-5-29(32)6-4-15)26-30(14)13-20(31)28-9-7-27(8-10-28)18-12-19(33-2)16(23)11-17(18)25/h3-6,11-12,32H,7-10,13H2,1-2H3/q+1. The molecule has 1 N–H and O–H groups in total. The Balaban J connectivity index is 1.43. The maximum Gasteiger partial charge on any atom is 0.244 e. The van der Waals surface area contributed by atoms with Gasteiger partial charge in [-0.1, -0.05) is 23.2 Å². The van der Waals surface area contributed by atoms with Crippen molar-refractivity contribution in [3.05, 3.63) is 58.2 Å². The molecule has 0 radical (unpaired) electrons. The summed E-state index contributed by atoms with van der Waals surface area (Å²) in [6.45, 7) is 3.68. The normalized spacial score (nSPS) is 14.0. The third kappa shape index (κ3) is 4.69. The minimum absolute atomic E-state index is 0.0432. The van der Waals surface area contributed by atoms with E-state index in [9.17, 15) is 14.4 Å². The number of nitrogens with zero attached hydrogens (tertiary/aromatic N) is 5. The fourth-order valence-corrected chi connectivity index (χ4v) is 4.25. The number of anilines is 1. The molecular formula is C22H23Cl2FN5O3+. The largest absolute Gasteiger partial charge is 0.495 e. The molecule has 3 aromatic rings. The van der Waals surface area contributed by atoms with Crippen LogP contribution in [0.25, 0.3) is 11.3 Å². The molecular weight excluding hydrogens is 472 g/mol. The number of ether oxygens (including phenoxy) is 1. The molecule has 0 bridgehead atoms. The predicted octanol–water partition coefficient (Wildman–Crippen LogP) is 3.19. The van der Waals surface area contributed by atoms with Crippen molar-refractivity contribution >= 4 is 34.8 Å². The Morgan fingerprint density at radius 3 is 2.52 bits per heavy atom. The molecule has 1 aliphatic heterocycles. The van der Waals surface area contributed by atoms with Crippen molar-refractivity contribution in [2.75, 3.05) is 38.2 Å². The van der Waals surface area contributed by atoms with Gasteiger partial charge in [0, 0.05) is 54.7 Å². The Kier molecular flexibility index (Phi) is 6.62. The zero-order valence-electron chi connectivity index (χ0n) is 18.1. The number of amides is 1. The lowest BCUT2D eigenvalue weighted by atomic mass is 10.2. The molecule has 4 rings (SSSR count). The summed E-state index contributed by atoms with van der Waals surface area (Å²) in [7, 11) is 1.48. The fourth-order valence-electron chi connectivity index (χ4n) is 3.78. The third-order valence-corrected chi connectivity index (χ3v) is 6.45. The highest BCUT2D eigenvalue weighted by Crippen LogP contribution is 2.33. The zero-order valence-corrected chi connectivity index (χ0v) is 19.6. The first-order chi connectivity index (χ1) is 15.8. The Morgan fingerprint density at radius 2 is 1.88 bits per heavy atom. The van der Waals surface area contributed by atoms with Gasteiger partial charge in [-0.3, -0.25) is 14.7 Å². The summed E-state index contributed by atoms with van der Waals surface area (Å²) >= 11 is 12.4. The van der Waals surface area contributed by atoms with E-state index in [-0.39, 0.29) is 17.5 Å². The monoisotopic (exact) mass is 494 g/mol. The maximum absolute atomic E-state index is 14.4. The van der Waals surface area contributed by atoms with Crippen LogP contribution >= 0.6 is 23.2 Å². The van der Waals surface area contributed by atoms with E-state index in [0.717, 1.165) is 10.3 Å². The number of carbonyl (C=O) groups excluding carboxylic acids is 1. The molecule has 33 heavy (non-hydrogen) atoms. The summed E-state index contributed by atoms with van der Waals surface area (Å²) in [5.41, 5.74) is 2.35. The van der Waals surface area contributed by atoms with E-state index in [1.807, 2.05) is 4.90 Å². The van der Waals surface area contributed by atoms with Crippen LogP contribution in [0.2, 0.25) is 10.0 Å². The van der Waals surface area contributed by atoms with Crippen molar-refractivity contribution < 1.29 is 23.9 Å². The van der Waals surface area contributed by atoms with Crippen LogP contribution in [0.1, 0.15) is 5.69 Å². The molecule has 1 saturated heterocycles. The Morgan fingerprint density at radius 1 is 1.21 bits per heavy atom. The second kappa shape index (κ2) is 9.44. The SMILES string of the molecule is COc1cc(N2CCN(C(=O)Cn3nc(-c4cc[n+](O)cc4)c(Cl)c3C)CC2)c(F)cc1Cl. The van der Waals surface area contributed by atoms with E-state index in [4.69, 9.17) is 27.9 Å². The quantitative estimate of drug-likeness (QED) is 0.435. The number of methoxy groups -OCH3 is 1. The number of rotatable bonds is 5. The Labute approximate surface area is 200 Å². The average Bonchev–Trinajstić information content (AvgIpc) is 3.08. The molecule has 0 unspecified atom stereocenters. The highest BCUT2D eigenvalue weighted by Gasteiger charge is 2.25. The van der Waals surface area contributed by atoms with E-state index in [2.05, 4.69) is 5.10 Å². The van der Waals surface area contributed by atoms with Gasteiger partial charge in [0.1, 0.15) is 23.8 Å². The van der Waals surface area contributed by atoms with Crippen molar-refractivity contribution in [3.8, 4) is 17.0 Å². The lowest BCUT2D eigenvalue weighted by Gasteiger charge is -2.36. The van der Waals surface area contributed by atoms with E-state index < -0.39 is 5.82 Å². The Bertz CT molecular complexity index is 1180. The van der Waals surface area contributed by atoms with E-state index in [1.165, 1.54) is 25.6 Å². The van der Waals surface area contributed by atoms with E-state index in [0.29, 0.717) is 54.0 Å². The van der Waals surface area contributed by atoms with Gasteiger partial charge in [0.15, 0.2) is 0 Å². The van der Waals surface area contributed by atoms with Gasteiger partial charge in [0.25, 0.3) is 0 Å². The van der Waals surface area contributed by atoms with Gasteiger partial charge < -0.3 is 14.5 Å². The highest BCUT2D eigenvalue weighted by molar-refractivity contribution is 6.33. The molecule has 0 atom stereocenters. The molecule has 1 aliphatic rings. The summed E-state index contributed by atoms with van der Waals surface area (Å²) in [4.78, 5) is 16.5. The van der Waals surface area contributed by atoms with Crippen molar-refractivity contribution in [2.24, 2.45) is 0 Å². The maximum atomic E-state index is 14.4. The summed E-state index contributed by atoms with van der Waals surface area (Å²) < 4.78 is 22.1. The lowest BCUT2D eigenvalue weighted by Crippen LogP contribution is -2.50. The van der Waals surface area contributed by atoms with Crippen LogP contribution in [0, 0.1) is 12.7 Å². The molecule has 1 amide bonds. The van der Waals surface area contributed by atoms with Crippen LogP contribution in [0.15, 0.2) is 36.7 Å². The van der Waals surface area contributed by atoms with Crippen molar-refractivity contribution in [2.45, 2.75) is 13.5 Å². The van der Waals surface area contributed by atoms with Crippen molar-refractivity contribution in [1.29, 1.82) is 0 Å². The number of pyridine rings is 1. The minimum Gasteiger partial charge on any atom is -0.495 e. The molecule has 0 aliphatic carbocycles. The second-order valence-electron chi connectivity index (χ2n) is 7.68. The van der Waals surface area contributed by atoms with Crippen LogP contribution in [0.5, 0.6) is 5.75 Å². The lowest BCUT2D eigenvalue weighted by molar-refractivity contribution is -0.904. The zero-order chi connectivity index (χ0) is 23.7. The first-order valence-corrected chi connectivity index (χ1v) is 11.0. The number of piperazine rings is 1. The molecule has 1 fully saturated rings.